The molecule has 13 atom stereocenters. The van der Waals surface area contributed by atoms with Crippen LogP contribution in [0.5, 0.6) is 0 Å². The van der Waals surface area contributed by atoms with Gasteiger partial charge in [0, 0.05) is 23.9 Å². The molecule has 7 nitrogen and oxygen atoms in total. The Bertz CT molecular complexity index is 1260. The number of benzene rings is 1. The van der Waals surface area contributed by atoms with Gasteiger partial charge in [0.05, 0.1) is 22.9 Å². The lowest BCUT2D eigenvalue weighted by molar-refractivity contribution is -0.165. The Hall–Kier alpha value is -1.61. The zero-order valence-corrected chi connectivity index (χ0v) is 26.5. The molecule has 1 aliphatic heterocycles. The molecule has 1 aromatic rings. The van der Waals surface area contributed by atoms with Gasteiger partial charge in [-0.05, 0) is 106 Å². The van der Waals surface area contributed by atoms with Crippen LogP contribution in [0, 0.1) is 40.4 Å². The molecule has 0 spiro atoms. The maximum Gasteiger partial charge on any atom is 0.159 e. The molecule has 7 heteroatoms. The number of ketones is 1. The van der Waals surface area contributed by atoms with Crippen LogP contribution >= 0.6 is 0 Å². The lowest BCUT2D eigenvalue weighted by atomic mass is 9.43. The van der Waals surface area contributed by atoms with E-state index in [1.165, 1.54) is 5.56 Å². The van der Waals surface area contributed by atoms with Gasteiger partial charge >= 0.3 is 0 Å². The van der Waals surface area contributed by atoms with Crippen LogP contribution in [0.3, 0.4) is 0 Å². The molecule has 1 aromatic carbocycles. The van der Waals surface area contributed by atoms with Gasteiger partial charge in [0.15, 0.2) is 5.78 Å². The third-order valence-electron chi connectivity index (χ3n) is 13.4. The van der Waals surface area contributed by atoms with Crippen molar-refractivity contribution in [1.29, 1.82) is 0 Å². The van der Waals surface area contributed by atoms with Crippen molar-refractivity contribution in [2.75, 3.05) is 6.61 Å². The first-order valence-corrected chi connectivity index (χ1v) is 16.5. The summed E-state index contributed by atoms with van der Waals surface area (Å²) in [6.07, 6.45) is 5.44. The van der Waals surface area contributed by atoms with Gasteiger partial charge in [-0.1, -0.05) is 51.1 Å². The number of hydrogen-bond acceptors (Lipinski definition) is 7. The highest BCUT2D eigenvalue weighted by molar-refractivity contribution is 5.95. The number of aliphatic hydroxyl groups is 5. The van der Waals surface area contributed by atoms with Crippen molar-refractivity contribution in [2.45, 2.75) is 121 Å². The monoisotopic (exact) mass is 596 g/mol. The van der Waals surface area contributed by atoms with Gasteiger partial charge in [0.25, 0.3) is 0 Å². The lowest BCUT2D eigenvalue weighted by Gasteiger charge is -2.63. The van der Waals surface area contributed by atoms with Crippen molar-refractivity contribution in [1.82, 2.24) is 0 Å². The van der Waals surface area contributed by atoms with Crippen LogP contribution in [0.1, 0.15) is 85.1 Å². The van der Waals surface area contributed by atoms with E-state index in [4.69, 9.17) is 4.74 Å². The molecule has 1 saturated heterocycles. The van der Waals surface area contributed by atoms with Crippen LogP contribution in [-0.4, -0.2) is 73.0 Å². The Balaban J connectivity index is 1.38. The Kier molecular flexibility index (Phi) is 7.63. The lowest BCUT2D eigenvalue weighted by Crippen LogP contribution is -2.64. The van der Waals surface area contributed by atoms with Gasteiger partial charge < -0.3 is 30.3 Å². The smallest absolute Gasteiger partial charge is 0.159 e. The van der Waals surface area contributed by atoms with Crippen molar-refractivity contribution in [2.24, 2.45) is 40.4 Å². The SMILES string of the molecule is CC(CO)C(C)(O)C1OC1C(C)(O)C1CCC2(O)C3=CC(=O)C4CC(O)CCC4(C)C3C(CCc3ccccc3)CC12C. The Morgan fingerprint density at radius 2 is 1.77 bits per heavy atom. The highest BCUT2D eigenvalue weighted by Crippen LogP contribution is 2.71. The molecule has 0 bridgehead atoms. The van der Waals surface area contributed by atoms with Crippen LogP contribution < -0.4 is 0 Å². The standard InChI is InChI=1S/C36H52O7/c1-21(20-37)34(4,40)30-31(43-30)35(5,41)28-14-16-36(42)26-18-27(39)25-17-24(38)13-15-32(25,2)29(26)23(19-33(28,36)3)12-11-22-9-7-6-8-10-22/h6-10,18,21,23-25,28-31,37-38,40-42H,11-17,19-20H2,1-5H3. The number of carbonyl (C=O) groups is 1. The van der Waals surface area contributed by atoms with E-state index in [9.17, 15) is 30.3 Å². The predicted octanol–water partition coefficient (Wildman–Crippen LogP) is 3.98. The van der Waals surface area contributed by atoms with Crippen LogP contribution in [0.4, 0.5) is 0 Å². The second-order valence-corrected chi connectivity index (χ2v) is 15.8. The summed E-state index contributed by atoms with van der Waals surface area (Å²) in [6, 6.07) is 10.4. The molecule has 6 rings (SSSR count). The zero-order valence-electron chi connectivity index (χ0n) is 26.5. The van der Waals surface area contributed by atoms with Crippen molar-refractivity contribution in [3.63, 3.8) is 0 Å². The molecule has 3 saturated carbocycles. The highest BCUT2D eigenvalue weighted by Gasteiger charge is 2.73. The summed E-state index contributed by atoms with van der Waals surface area (Å²) in [5, 5.41) is 56.6. The fraction of sp³-hybridized carbons (Fsp3) is 0.750. The van der Waals surface area contributed by atoms with Gasteiger partial charge in [0.1, 0.15) is 12.2 Å². The Morgan fingerprint density at radius 1 is 1.07 bits per heavy atom. The number of carbonyl (C=O) groups excluding carboxylic acids is 1. The fourth-order valence-corrected chi connectivity index (χ4v) is 10.6. The first-order chi connectivity index (χ1) is 20.1. The van der Waals surface area contributed by atoms with Gasteiger partial charge in [-0.15, -0.1) is 0 Å². The largest absolute Gasteiger partial charge is 0.396 e. The number of hydrogen-bond donors (Lipinski definition) is 5. The summed E-state index contributed by atoms with van der Waals surface area (Å²) in [6.45, 7) is 9.34. The maximum atomic E-state index is 13.8. The number of fused-ring (bicyclic) bond motifs is 5. The second kappa shape index (κ2) is 10.5. The van der Waals surface area contributed by atoms with Gasteiger partial charge in [-0.3, -0.25) is 4.79 Å². The topological polar surface area (TPSA) is 131 Å². The van der Waals surface area contributed by atoms with Crippen LogP contribution in [0.2, 0.25) is 0 Å². The Labute approximate surface area is 256 Å². The molecule has 0 amide bonds. The second-order valence-electron chi connectivity index (χ2n) is 15.8. The zero-order chi connectivity index (χ0) is 31.2. The van der Waals surface area contributed by atoms with Crippen LogP contribution in [-0.2, 0) is 16.0 Å². The minimum atomic E-state index is -1.33. The molecule has 4 fully saturated rings. The number of rotatable bonds is 8. The third kappa shape index (κ3) is 4.63. The Morgan fingerprint density at radius 3 is 2.44 bits per heavy atom. The fourth-order valence-electron chi connectivity index (χ4n) is 10.6. The minimum absolute atomic E-state index is 0.0156. The summed E-state index contributed by atoms with van der Waals surface area (Å²) in [5.74, 6) is -0.791. The van der Waals surface area contributed by atoms with E-state index in [1.54, 1.807) is 26.8 Å². The summed E-state index contributed by atoms with van der Waals surface area (Å²) in [7, 11) is 0. The third-order valence-corrected chi connectivity index (χ3v) is 13.4. The van der Waals surface area contributed by atoms with E-state index in [2.05, 4.69) is 38.1 Å². The van der Waals surface area contributed by atoms with E-state index < -0.39 is 46.4 Å². The molecule has 4 aliphatic carbocycles. The highest BCUT2D eigenvalue weighted by atomic mass is 16.6. The van der Waals surface area contributed by atoms with E-state index in [0.717, 1.165) is 24.8 Å². The minimum Gasteiger partial charge on any atom is -0.396 e. The van der Waals surface area contributed by atoms with Crippen molar-refractivity contribution >= 4 is 5.78 Å². The molecule has 0 radical (unpaired) electrons. The van der Waals surface area contributed by atoms with Crippen LogP contribution in [0.25, 0.3) is 0 Å². The quantitative estimate of drug-likeness (QED) is 0.287. The molecule has 43 heavy (non-hydrogen) atoms. The average Bonchev–Trinajstić information content (AvgIpc) is 3.74. The van der Waals surface area contributed by atoms with Crippen LogP contribution in [0.15, 0.2) is 42.0 Å². The molecule has 13 unspecified atom stereocenters. The first-order valence-electron chi connectivity index (χ1n) is 16.5. The molecule has 5 N–H and O–H groups in total. The number of ether oxygens (including phenoxy) is 1. The first kappa shape index (κ1) is 31.4. The number of epoxide rings is 1. The average molecular weight is 597 g/mol. The summed E-state index contributed by atoms with van der Waals surface area (Å²) >= 11 is 0. The van der Waals surface area contributed by atoms with Gasteiger partial charge in [-0.2, -0.15) is 0 Å². The molecule has 1 heterocycles. The van der Waals surface area contributed by atoms with Crippen molar-refractivity contribution in [3.05, 3.63) is 47.5 Å². The molecule has 5 aliphatic rings. The number of aryl methyl sites for hydroxylation is 1. The summed E-state index contributed by atoms with van der Waals surface area (Å²) in [4.78, 5) is 13.8. The predicted molar refractivity (Wildman–Crippen MR) is 163 cm³/mol. The number of allylic oxidation sites excluding steroid dienone is 1. The van der Waals surface area contributed by atoms with Gasteiger partial charge in [-0.25, -0.2) is 0 Å². The molecular formula is C36H52O7. The van der Waals surface area contributed by atoms with Crippen molar-refractivity contribution < 1.29 is 35.1 Å². The van der Waals surface area contributed by atoms with E-state index in [-0.39, 0.29) is 41.5 Å². The molecular weight excluding hydrogens is 544 g/mol. The molecule has 238 valence electrons. The maximum absolute atomic E-state index is 13.8. The van der Waals surface area contributed by atoms with Crippen molar-refractivity contribution in [3.8, 4) is 0 Å². The van der Waals surface area contributed by atoms with Gasteiger partial charge in [0.2, 0.25) is 0 Å². The summed E-state index contributed by atoms with van der Waals surface area (Å²) < 4.78 is 6.01. The van der Waals surface area contributed by atoms with E-state index >= 15 is 0 Å². The van der Waals surface area contributed by atoms with E-state index in [0.29, 0.717) is 32.1 Å². The normalized spacial score (nSPS) is 45.6. The molecule has 0 aromatic heterocycles. The van der Waals surface area contributed by atoms with E-state index in [1.807, 2.05) is 6.07 Å². The summed E-state index contributed by atoms with van der Waals surface area (Å²) in [5.41, 5.74) is -2.85. The number of aliphatic hydroxyl groups excluding tert-OH is 2.